The maximum Gasteiger partial charge on any atom is 0.435 e. The highest BCUT2D eigenvalue weighted by Gasteiger charge is 2.36. The molecule has 0 spiro atoms. The Kier molecular flexibility index (Phi) is 7.67. The lowest BCUT2D eigenvalue weighted by Crippen LogP contribution is -2.25. The minimum Gasteiger partial charge on any atom is -0.395 e. The van der Waals surface area contributed by atoms with E-state index in [-0.39, 0.29) is 29.6 Å². The Balaban J connectivity index is 1.67. The summed E-state index contributed by atoms with van der Waals surface area (Å²) in [5.74, 6) is -0.804. The molecule has 0 fully saturated rings. The van der Waals surface area contributed by atoms with E-state index in [1.54, 1.807) is 18.2 Å². The van der Waals surface area contributed by atoms with Crippen LogP contribution < -0.4 is 10.6 Å². The van der Waals surface area contributed by atoms with Gasteiger partial charge in [0.25, 0.3) is 5.91 Å². The average Bonchev–Trinajstić information content (AvgIpc) is 3.37. The molecular weight excluding hydrogens is 483 g/mol. The number of aromatic nitrogens is 2. The first kappa shape index (κ1) is 25.6. The predicted octanol–water partition coefficient (Wildman–Crippen LogP) is 4.69. The predicted molar refractivity (Wildman–Crippen MR) is 131 cm³/mol. The van der Waals surface area contributed by atoms with Gasteiger partial charge in [0, 0.05) is 18.3 Å². The first-order valence-electron chi connectivity index (χ1n) is 11.3. The van der Waals surface area contributed by atoms with Gasteiger partial charge in [-0.25, -0.2) is 4.68 Å². The Morgan fingerprint density at radius 2 is 1.73 bits per heavy atom. The van der Waals surface area contributed by atoms with Crippen molar-refractivity contribution in [3.63, 3.8) is 0 Å². The number of carbonyl (C=O) groups is 1. The summed E-state index contributed by atoms with van der Waals surface area (Å²) in [7, 11) is 0. The van der Waals surface area contributed by atoms with E-state index in [1.165, 1.54) is 24.3 Å². The van der Waals surface area contributed by atoms with Gasteiger partial charge < -0.3 is 15.7 Å². The van der Waals surface area contributed by atoms with Crippen LogP contribution in [0.3, 0.4) is 0 Å². The molecule has 0 saturated carbocycles. The number of halogens is 3. The molecule has 1 unspecified atom stereocenters. The van der Waals surface area contributed by atoms with Gasteiger partial charge in [0.2, 0.25) is 0 Å². The topological polar surface area (TPSA) is 103 Å². The number of nitriles is 1. The van der Waals surface area contributed by atoms with E-state index in [4.69, 9.17) is 5.26 Å². The Morgan fingerprint density at radius 1 is 1.00 bits per heavy atom. The average molecular weight is 506 g/mol. The standard InChI is InChI=1S/C27H22F3N5O2/c28-27(29,30)24-16-23(35(34-24)22-11-4-6-18(14-22)17-31)26(37)33-21-10-5-9-20(15-21)25(32-12-13-36)19-7-2-1-3-8-19/h1-11,14-16,25,32,36H,12-13H2,(H,33,37). The second kappa shape index (κ2) is 11.1. The number of benzene rings is 3. The molecule has 4 rings (SSSR count). The van der Waals surface area contributed by atoms with E-state index in [0.717, 1.165) is 15.8 Å². The Hall–Kier alpha value is -4.46. The van der Waals surface area contributed by atoms with Crippen molar-refractivity contribution in [2.75, 3.05) is 18.5 Å². The number of amides is 1. The van der Waals surface area contributed by atoms with Crippen LogP contribution in [0.15, 0.2) is 84.9 Å². The SMILES string of the molecule is N#Cc1cccc(-n2nc(C(F)(F)F)cc2C(=O)Nc2cccc(C(NCCO)c3ccccc3)c2)c1. The fourth-order valence-corrected chi connectivity index (χ4v) is 3.86. The highest BCUT2D eigenvalue weighted by atomic mass is 19.4. The Bertz CT molecular complexity index is 1430. The maximum atomic E-state index is 13.5. The smallest absolute Gasteiger partial charge is 0.395 e. The molecular formula is C27H22F3N5O2. The van der Waals surface area contributed by atoms with Gasteiger partial charge in [-0.15, -0.1) is 0 Å². The number of anilines is 1. The molecule has 0 aliphatic heterocycles. The second-order valence-electron chi connectivity index (χ2n) is 8.09. The summed E-state index contributed by atoms with van der Waals surface area (Å²) in [5, 5.41) is 28.0. The zero-order valence-corrected chi connectivity index (χ0v) is 19.4. The van der Waals surface area contributed by atoms with Crippen molar-refractivity contribution in [3.05, 3.63) is 113 Å². The largest absolute Gasteiger partial charge is 0.435 e. The number of carbonyl (C=O) groups excluding carboxylic acids is 1. The quantitative estimate of drug-likeness (QED) is 0.323. The molecule has 1 aromatic heterocycles. The molecule has 3 N–H and O–H groups in total. The summed E-state index contributed by atoms with van der Waals surface area (Å²) in [6.45, 7) is 0.260. The molecule has 188 valence electrons. The van der Waals surface area contributed by atoms with E-state index in [9.17, 15) is 23.1 Å². The van der Waals surface area contributed by atoms with E-state index in [1.807, 2.05) is 42.5 Å². The number of aliphatic hydroxyl groups excluding tert-OH is 1. The molecule has 0 radical (unpaired) electrons. The van der Waals surface area contributed by atoms with Crippen molar-refractivity contribution >= 4 is 11.6 Å². The molecule has 3 aromatic carbocycles. The van der Waals surface area contributed by atoms with Gasteiger partial charge in [0.05, 0.1) is 30.0 Å². The van der Waals surface area contributed by atoms with Crippen LogP contribution in [0.1, 0.15) is 38.9 Å². The fourth-order valence-electron chi connectivity index (χ4n) is 3.86. The monoisotopic (exact) mass is 505 g/mol. The highest BCUT2D eigenvalue weighted by Crippen LogP contribution is 2.30. The lowest BCUT2D eigenvalue weighted by atomic mass is 9.98. The highest BCUT2D eigenvalue weighted by molar-refractivity contribution is 6.03. The third kappa shape index (κ3) is 6.03. The minimum atomic E-state index is -4.77. The Labute approximate surface area is 210 Å². The summed E-state index contributed by atoms with van der Waals surface area (Å²) in [6, 6.07) is 24.5. The Morgan fingerprint density at radius 3 is 2.43 bits per heavy atom. The second-order valence-corrected chi connectivity index (χ2v) is 8.09. The van der Waals surface area contributed by atoms with Crippen molar-refractivity contribution in [2.24, 2.45) is 0 Å². The van der Waals surface area contributed by atoms with Crippen LogP contribution in [-0.4, -0.2) is 33.9 Å². The minimum absolute atomic E-state index is 0.0711. The van der Waals surface area contributed by atoms with Gasteiger partial charge >= 0.3 is 6.18 Å². The number of nitrogens with zero attached hydrogens (tertiary/aromatic N) is 3. The molecule has 7 nitrogen and oxygen atoms in total. The number of hydrogen-bond donors (Lipinski definition) is 3. The number of alkyl halides is 3. The normalized spacial score (nSPS) is 12.1. The fraction of sp³-hybridized carbons (Fsp3) is 0.148. The molecule has 4 aromatic rings. The summed E-state index contributed by atoms with van der Waals surface area (Å²) in [4.78, 5) is 13.2. The molecule has 1 amide bonds. The molecule has 1 atom stereocenters. The zero-order chi connectivity index (χ0) is 26.4. The van der Waals surface area contributed by atoms with Crippen LogP contribution in [0.5, 0.6) is 0 Å². The third-order valence-corrected chi connectivity index (χ3v) is 5.52. The number of hydrogen-bond acceptors (Lipinski definition) is 5. The van der Waals surface area contributed by atoms with Crippen molar-refractivity contribution in [1.29, 1.82) is 5.26 Å². The van der Waals surface area contributed by atoms with Crippen LogP contribution in [0.25, 0.3) is 5.69 Å². The molecule has 37 heavy (non-hydrogen) atoms. The molecule has 10 heteroatoms. The summed E-state index contributed by atoms with van der Waals surface area (Å²) < 4.78 is 41.2. The summed E-state index contributed by atoms with van der Waals surface area (Å²) in [5.41, 5.74) is 0.861. The molecule has 0 bridgehead atoms. The van der Waals surface area contributed by atoms with Crippen molar-refractivity contribution in [2.45, 2.75) is 12.2 Å². The number of nitrogens with one attached hydrogen (secondary N) is 2. The van der Waals surface area contributed by atoms with Gasteiger partial charge in [0.1, 0.15) is 5.69 Å². The van der Waals surface area contributed by atoms with Crippen LogP contribution in [0.4, 0.5) is 18.9 Å². The third-order valence-electron chi connectivity index (χ3n) is 5.52. The lowest BCUT2D eigenvalue weighted by Gasteiger charge is -2.20. The lowest BCUT2D eigenvalue weighted by molar-refractivity contribution is -0.141. The van der Waals surface area contributed by atoms with Crippen LogP contribution in [-0.2, 0) is 6.18 Å². The summed E-state index contributed by atoms with van der Waals surface area (Å²) >= 11 is 0. The van der Waals surface area contributed by atoms with Gasteiger partial charge in [0.15, 0.2) is 5.69 Å². The molecule has 0 aliphatic carbocycles. The molecule has 0 saturated heterocycles. The first-order chi connectivity index (χ1) is 17.8. The van der Waals surface area contributed by atoms with Gasteiger partial charge in [-0.05, 0) is 41.5 Å². The van der Waals surface area contributed by atoms with Crippen molar-refractivity contribution in [3.8, 4) is 11.8 Å². The van der Waals surface area contributed by atoms with E-state index >= 15 is 0 Å². The maximum absolute atomic E-state index is 13.5. The van der Waals surface area contributed by atoms with Crippen LogP contribution in [0, 0.1) is 11.3 Å². The van der Waals surface area contributed by atoms with E-state index < -0.39 is 17.8 Å². The van der Waals surface area contributed by atoms with Crippen molar-refractivity contribution in [1.82, 2.24) is 15.1 Å². The summed E-state index contributed by atoms with van der Waals surface area (Å²) in [6.07, 6.45) is -4.77. The van der Waals surface area contributed by atoms with Crippen molar-refractivity contribution < 1.29 is 23.1 Å². The van der Waals surface area contributed by atoms with Crippen LogP contribution in [0.2, 0.25) is 0 Å². The van der Waals surface area contributed by atoms with Crippen LogP contribution >= 0.6 is 0 Å². The number of aliphatic hydroxyl groups is 1. The molecule has 0 aliphatic rings. The van der Waals surface area contributed by atoms with Gasteiger partial charge in [-0.3, -0.25) is 4.79 Å². The molecule has 1 heterocycles. The van der Waals surface area contributed by atoms with E-state index in [0.29, 0.717) is 18.3 Å². The van der Waals surface area contributed by atoms with Gasteiger partial charge in [-0.2, -0.15) is 23.5 Å². The van der Waals surface area contributed by atoms with Gasteiger partial charge in [-0.1, -0.05) is 48.5 Å². The van der Waals surface area contributed by atoms with E-state index in [2.05, 4.69) is 15.7 Å². The zero-order valence-electron chi connectivity index (χ0n) is 19.4. The first-order valence-corrected chi connectivity index (χ1v) is 11.3. The number of rotatable bonds is 8.